The molecule has 2 N–H and O–H groups in total. The third kappa shape index (κ3) is 2.91. The van der Waals surface area contributed by atoms with Crippen molar-refractivity contribution < 1.29 is 24.5 Å². The van der Waals surface area contributed by atoms with Crippen molar-refractivity contribution in [2.45, 2.75) is 0 Å². The first-order valence-electron chi connectivity index (χ1n) is 6.87. The lowest BCUT2D eigenvalue weighted by Gasteiger charge is -2.10. The van der Waals surface area contributed by atoms with Crippen LogP contribution in [0.3, 0.4) is 0 Å². The number of carboxylic acids is 1. The Balaban J connectivity index is 2.00. The third-order valence-electron chi connectivity index (χ3n) is 3.40. The van der Waals surface area contributed by atoms with E-state index >= 15 is 0 Å². The molecule has 3 rings (SSSR count). The molecule has 0 amide bonds. The molecule has 0 bridgehead atoms. The van der Waals surface area contributed by atoms with Gasteiger partial charge >= 0.3 is 5.97 Å². The quantitative estimate of drug-likeness (QED) is 0.692. The zero-order valence-electron chi connectivity index (χ0n) is 12.5. The summed E-state index contributed by atoms with van der Waals surface area (Å²) in [5.74, 6) is -0.0172. The maximum absolute atomic E-state index is 11.1. The minimum Gasteiger partial charge on any atom is -0.505 e. The van der Waals surface area contributed by atoms with Gasteiger partial charge in [-0.05, 0) is 42.5 Å². The summed E-state index contributed by atoms with van der Waals surface area (Å²) in [6.45, 7) is 0. The SMILES string of the molecule is COc1ccc(Oc2ccc3c(O)c(C(=O)O)nc(Cl)c3c2)cc1. The average molecular weight is 346 g/mol. The molecule has 0 aliphatic heterocycles. The van der Waals surface area contributed by atoms with Crippen molar-refractivity contribution in [3.63, 3.8) is 0 Å². The Hall–Kier alpha value is -2.99. The van der Waals surface area contributed by atoms with Crippen LogP contribution in [-0.2, 0) is 0 Å². The van der Waals surface area contributed by atoms with E-state index in [0.717, 1.165) is 0 Å². The zero-order chi connectivity index (χ0) is 17.3. The van der Waals surface area contributed by atoms with Crippen molar-refractivity contribution in [2.75, 3.05) is 7.11 Å². The van der Waals surface area contributed by atoms with Gasteiger partial charge in [-0.2, -0.15) is 0 Å². The fraction of sp³-hybridized carbons (Fsp3) is 0.0588. The summed E-state index contributed by atoms with van der Waals surface area (Å²) in [7, 11) is 1.58. The summed E-state index contributed by atoms with van der Waals surface area (Å²) in [6.07, 6.45) is 0. The lowest BCUT2D eigenvalue weighted by Crippen LogP contribution is -2.01. The van der Waals surface area contributed by atoms with Crippen molar-refractivity contribution in [1.82, 2.24) is 4.98 Å². The van der Waals surface area contributed by atoms with Gasteiger partial charge in [0.05, 0.1) is 7.11 Å². The number of benzene rings is 2. The van der Waals surface area contributed by atoms with Crippen molar-refractivity contribution in [3.8, 4) is 23.0 Å². The first-order valence-corrected chi connectivity index (χ1v) is 7.25. The summed E-state index contributed by atoms with van der Waals surface area (Å²) >= 11 is 6.04. The molecule has 0 aliphatic rings. The monoisotopic (exact) mass is 345 g/mol. The van der Waals surface area contributed by atoms with Gasteiger partial charge in [-0.15, -0.1) is 0 Å². The van der Waals surface area contributed by atoms with E-state index in [1.165, 1.54) is 6.07 Å². The van der Waals surface area contributed by atoms with Gasteiger partial charge in [0.1, 0.15) is 22.4 Å². The highest BCUT2D eigenvalue weighted by molar-refractivity contribution is 6.34. The molecule has 2 aromatic carbocycles. The van der Waals surface area contributed by atoms with E-state index in [1.54, 1.807) is 43.5 Å². The molecule has 24 heavy (non-hydrogen) atoms. The normalized spacial score (nSPS) is 10.6. The molecular formula is C17H12ClNO5. The smallest absolute Gasteiger partial charge is 0.358 e. The highest BCUT2D eigenvalue weighted by Gasteiger charge is 2.18. The second-order valence-corrected chi connectivity index (χ2v) is 5.25. The second-order valence-electron chi connectivity index (χ2n) is 4.89. The van der Waals surface area contributed by atoms with E-state index in [2.05, 4.69) is 4.98 Å². The number of pyridine rings is 1. The molecule has 0 aliphatic carbocycles. The molecule has 3 aromatic rings. The highest BCUT2D eigenvalue weighted by Crippen LogP contribution is 2.35. The van der Waals surface area contributed by atoms with Crippen LogP contribution in [0.4, 0.5) is 0 Å². The predicted octanol–water partition coefficient (Wildman–Crippen LogP) is 4.09. The topological polar surface area (TPSA) is 88.9 Å². The zero-order valence-corrected chi connectivity index (χ0v) is 13.2. The van der Waals surface area contributed by atoms with Gasteiger partial charge in [0.2, 0.25) is 0 Å². The van der Waals surface area contributed by atoms with Crippen molar-refractivity contribution in [1.29, 1.82) is 0 Å². The highest BCUT2D eigenvalue weighted by atomic mass is 35.5. The molecule has 0 saturated carbocycles. The molecule has 7 heteroatoms. The molecular weight excluding hydrogens is 334 g/mol. The minimum atomic E-state index is -1.35. The van der Waals surface area contributed by atoms with E-state index in [4.69, 9.17) is 26.2 Å². The standard InChI is InChI=1S/C17H12ClNO5/c1-23-9-2-4-10(5-3-9)24-11-6-7-12-13(8-11)16(18)19-14(15(12)20)17(21)22/h2-8,20H,1H3,(H,21,22). The van der Waals surface area contributed by atoms with E-state index < -0.39 is 17.4 Å². The Morgan fingerprint density at radius 3 is 2.29 bits per heavy atom. The number of ether oxygens (including phenoxy) is 2. The fourth-order valence-corrected chi connectivity index (χ4v) is 2.47. The number of fused-ring (bicyclic) bond motifs is 1. The summed E-state index contributed by atoms with van der Waals surface area (Å²) in [5, 5.41) is 19.7. The van der Waals surface area contributed by atoms with E-state index in [-0.39, 0.29) is 10.5 Å². The number of carbonyl (C=O) groups is 1. The number of methoxy groups -OCH3 is 1. The van der Waals surface area contributed by atoms with Crippen molar-refractivity contribution >= 4 is 28.3 Å². The van der Waals surface area contributed by atoms with Crippen LogP contribution >= 0.6 is 11.6 Å². The van der Waals surface area contributed by atoms with Gasteiger partial charge in [-0.3, -0.25) is 0 Å². The lowest BCUT2D eigenvalue weighted by atomic mass is 10.1. The Morgan fingerprint density at radius 2 is 1.67 bits per heavy atom. The first kappa shape index (κ1) is 15.9. The van der Waals surface area contributed by atoms with Crippen LogP contribution in [0.15, 0.2) is 42.5 Å². The van der Waals surface area contributed by atoms with E-state index in [1.807, 2.05) is 0 Å². The summed E-state index contributed by atoms with van der Waals surface area (Å²) in [4.78, 5) is 14.8. The Morgan fingerprint density at radius 1 is 1.04 bits per heavy atom. The number of rotatable bonds is 4. The molecule has 6 nitrogen and oxygen atoms in total. The van der Waals surface area contributed by atoms with E-state index in [0.29, 0.717) is 22.6 Å². The molecule has 122 valence electrons. The van der Waals surface area contributed by atoms with Crippen LogP contribution in [0.2, 0.25) is 5.15 Å². The van der Waals surface area contributed by atoms with Crippen LogP contribution in [0.1, 0.15) is 10.5 Å². The van der Waals surface area contributed by atoms with Gasteiger partial charge in [-0.25, -0.2) is 9.78 Å². The minimum absolute atomic E-state index is 0.0274. The number of hydrogen-bond donors (Lipinski definition) is 2. The number of aromatic carboxylic acids is 1. The van der Waals surface area contributed by atoms with Crippen LogP contribution in [-0.4, -0.2) is 28.3 Å². The Bertz CT molecular complexity index is 924. The van der Waals surface area contributed by atoms with Crippen LogP contribution in [0, 0.1) is 0 Å². The van der Waals surface area contributed by atoms with Crippen LogP contribution in [0.25, 0.3) is 10.8 Å². The Kier molecular flexibility index (Phi) is 4.14. The summed E-state index contributed by atoms with van der Waals surface area (Å²) in [5.41, 5.74) is -0.490. The van der Waals surface area contributed by atoms with Gasteiger partial charge in [-0.1, -0.05) is 11.6 Å². The second kappa shape index (κ2) is 6.25. The fourth-order valence-electron chi connectivity index (χ4n) is 2.23. The largest absolute Gasteiger partial charge is 0.505 e. The average Bonchev–Trinajstić information content (AvgIpc) is 2.58. The summed E-state index contributed by atoms with van der Waals surface area (Å²) in [6, 6.07) is 11.7. The number of aromatic nitrogens is 1. The van der Waals surface area contributed by atoms with Gasteiger partial charge in [0.15, 0.2) is 11.4 Å². The maximum atomic E-state index is 11.1. The van der Waals surface area contributed by atoms with Crippen LogP contribution in [0.5, 0.6) is 23.0 Å². The number of aromatic hydroxyl groups is 1. The first-order chi connectivity index (χ1) is 11.5. The van der Waals surface area contributed by atoms with Crippen molar-refractivity contribution in [3.05, 3.63) is 53.3 Å². The maximum Gasteiger partial charge on any atom is 0.358 e. The third-order valence-corrected chi connectivity index (χ3v) is 3.69. The van der Waals surface area contributed by atoms with Gasteiger partial charge in [0.25, 0.3) is 0 Å². The van der Waals surface area contributed by atoms with Crippen molar-refractivity contribution in [2.24, 2.45) is 0 Å². The molecule has 0 unspecified atom stereocenters. The summed E-state index contributed by atoms with van der Waals surface area (Å²) < 4.78 is 10.8. The number of nitrogens with zero attached hydrogens (tertiary/aromatic N) is 1. The molecule has 0 spiro atoms. The molecule has 1 aromatic heterocycles. The molecule has 0 fully saturated rings. The predicted molar refractivity (Wildman–Crippen MR) is 88.4 cm³/mol. The van der Waals surface area contributed by atoms with Crippen LogP contribution < -0.4 is 9.47 Å². The van der Waals surface area contributed by atoms with Gasteiger partial charge < -0.3 is 19.7 Å². The molecule has 0 atom stereocenters. The lowest BCUT2D eigenvalue weighted by molar-refractivity contribution is 0.0687. The Labute approximate surface area is 141 Å². The van der Waals surface area contributed by atoms with Gasteiger partial charge in [0, 0.05) is 10.8 Å². The molecule has 0 radical (unpaired) electrons. The molecule has 1 heterocycles. The number of carboxylic acid groups (broad SMARTS) is 1. The number of halogens is 1. The van der Waals surface area contributed by atoms with E-state index in [9.17, 15) is 9.90 Å². The molecule has 0 saturated heterocycles. The number of hydrogen-bond acceptors (Lipinski definition) is 5.